The van der Waals surface area contributed by atoms with E-state index >= 15 is 0 Å². The van der Waals surface area contributed by atoms with Crippen LogP contribution in [0.3, 0.4) is 0 Å². The molecule has 0 aromatic carbocycles. The van der Waals surface area contributed by atoms with E-state index in [9.17, 15) is 4.39 Å². The first kappa shape index (κ1) is 20.1. The molecule has 2 aliphatic heterocycles. The molecule has 8 bridgehead atoms. The van der Waals surface area contributed by atoms with E-state index < -0.39 is 0 Å². The smallest absolute Gasteiger partial charge is 0.0844 e. The Kier molecular flexibility index (Phi) is 4.96. The third-order valence-corrected chi connectivity index (χ3v) is 5.77. The molecule has 164 valence electrons. The van der Waals surface area contributed by atoms with Crippen LogP contribution in [-0.4, -0.2) is 24.5 Å². The number of aromatic amines is 1. The van der Waals surface area contributed by atoms with Gasteiger partial charge < -0.3 is 9.55 Å². The Bertz CT molecular complexity index is 1640. The zero-order valence-corrected chi connectivity index (χ0v) is 18.2. The maximum atomic E-state index is 13.1. The van der Waals surface area contributed by atoms with Crippen molar-refractivity contribution in [3.63, 3.8) is 0 Å². The second-order valence-electron chi connectivity index (χ2n) is 8.09. The fraction of sp³-hybridized carbons (Fsp3) is 0.0357. The molecule has 0 fully saturated rings. The van der Waals surface area contributed by atoms with Crippen LogP contribution in [0.2, 0.25) is 0 Å². The molecule has 4 aromatic heterocycles. The lowest BCUT2D eigenvalue weighted by Gasteiger charge is -2.04. The molecule has 34 heavy (non-hydrogen) atoms. The van der Waals surface area contributed by atoms with Crippen molar-refractivity contribution in [3.8, 4) is 11.3 Å². The lowest BCUT2D eigenvalue weighted by Crippen LogP contribution is -1.95. The lowest BCUT2D eigenvalue weighted by molar-refractivity contribution is 0.708. The minimum Gasteiger partial charge on any atom is -0.355 e. The third kappa shape index (κ3) is 3.86. The topological polar surface area (TPSA) is 59.4 Å². The van der Waals surface area contributed by atoms with Crippen LogP contribution in [-0.2, 0) is 6.54 Å². The second-order valence-corrected chi connectivity index (χ2v) is 8.09. The van der Waals surface area contributed by atoms with Crippen molar-refractivity contribution in [2.75, 3.05) is 0 Å². The molecule has 6 rings (SSSR count). The molecular weight excluding hydrogens is 425 g/mol. The molecule has 0 atom stereocenters. The van der Waals surface area contributed by atoms with E-state index in [-0.39, 0.29) is 0 Å². The number of pyridine rings is 1. The molecule has 0 spiro atoms. The van der Waals surface area contributed by atoms with E-state index in [2.05, 4.69) is 20.6 Å². The average molecular weight is 446 g/mol. The van der Waals surface area contributed by atoms with Crippen molar-refractivity contribution >= 4 is 46.4 Å². The maximum absolute atomic E-state index is 13.1. The summed E-state index contributed by atoms with van der Waals surface area (Å²) in [7, 11) is 0. The Morgan fingerprint density at radius 1 is 0.794 bits per heavy atom. The first-order valence-corrected chi connectivity index (χ1v) is 11.0. The highest BCUT2D eigenvalue weighted by atomic mass is 19.1. The van der Waals surface area contributed by atoms with Crippen LogP contribution in [0, 0.1) is 0 Å². The summed E-state index contributed by atoms with van der Waals surface area (Å²) in [5, 5.41) is 0. The van der Waals surface area contributed by atoms with Crippen molar-refractivity contribution in [1.82, 2.24) is 24.5 Å². The molecule has 5 nitrogen and oxygen atoms in total. The van der Waals surface area contributed by atoms with Gasteiger partial charge in [0.1, 0.15) is 0 Å². The monoisotopic (exact) mass is 445 g/mol. The molecule has 6 heteroatoms. The predicted molar refractivity (Wildman–Crippen MR) is 136 cm³/mol. The van der Waals surface area contributed by atoms with Gasteiger partial charge in [-0.05, 0) is 85.0 Å². The Morgan fingerprint density at radius 3 is 2.12 bits per heavy atom. The number of hydrogen-bond acceptors (Lipinski definition) is 3. The highest BCUT2D eigenvalue weighted by Crippen LogP contribution is 2.29. The number of H-pyrrole nitrogens is 1. The quantitative estimate of drug-likeness (QED) is 0.331. The zero-order chi connectivity index (χ0) is 22.9. The number of allylic oxidation sites excluding steroid dienone is 1. The third-order valence-electron chi connectivity index (χ3n) is 5.77. The molecule has 0 unspecified atom stereocenters. The number of halogens is 1. The number of hydrogen-bond donors (Lipinski definition) is 1. The molecule has 4 aromatic rings. The summed E-state index contributed by atoms with van der Waals surface area (Å²) >= 11 is 0. The summed E-state index contributed by atoms with van der Waals surface area (Å²) in [4.78, 5) is 17.5. The van der Waals surface area contributed by atoms with Crippen LogP contribution in [0.4, 0.5) is 4.39 Å². The number of nitrogens with one attached hydrogen (secondary N) is 1. The minimum absolute atomic E-state index is 0.365. The highest BCUT2D eigenvalue weighted by Gasteiger charge is 2.12. The van der Waals surface area contributed by atoms with Gasteiger partial charge in [0.15, 0.2) is 0 Å². The summed E-state index contributed by atoms with van der Waals surface area (Å²) in [6.45, 7) is 0.365. The Balaban J connectivity index is 1.74. The van der Waals surface area contributed by atoms with Gasteiger partial charge in [-0.25, -0.2) is 14.4 Å². The van der Waals surface area contributed by atoms with Crippen molar-refractivity contribution < 1.29 is 4.39 Å². The van der Waals surface area contributed by atoms with E-state index in [1.807, 2.05) is 78.9 Å². The number of nitrogens with zero attached hydrogens (tertiary/aromatic N) is 4. The predicted octanol–water partition coefficient (Wildman–Crippen LogP) is 6.67. The lowest BCUT2D eigenvalue weighted by atomic mass is 10.1. The van der Waals surface area contributed by atoms with Crippen LogP contribution in [0.25, 0.3) is 57.6 Å². The van der Waals surface area contributed by atoms with Gasteiger partial charge in [-0.15, -0.1) is 0 Å². The van der Waals surface area contributed by atoms with Gasteiger partial charge in [0.25, 0.3) is 0 Å². The van der Waals surface area contributed by atoms with Gasteiger partial charge in [-0.2, -0.15) is 0 Å². The van der Waals surface area contributed by atoms with E-state index in [0.29, 0.717) is 12.9 Å². The largest absolute Gasteiger partial charge is 0.355 e. The van der Waals surface area contributed by atoms with E-state index in [0.717, 1.165) is 56.1 Å². The molecule has 1 N–H and O–H groups in total. The van der Waals surface area contributed by atoms with Gasteiger partial charge in [0, 0.05) is 34.9 Å². The molecule has 0 saturated heterocycles. The summed E-state index contributed by atoms with van der Waals surface area (Å²) in [5.74, 6) is 0. The van der Waals surface area contributed by atoms with Gasteiger partial charge in [0.2, 0.25) is 0 Å². The van der Waals surface area contributed by atoms with E-state index in [1.54, 1.807) is 6.20 Å². The number of aromatic nitrogens is 5. The Morgan fingerprint density at radius 2 is 1.47 bits per heavy atom. The molecule has 0 amide bonds. The molecular formula is C28H20FN5. The van der Waals surface area contributed by atoms with Crippen LogP contribution < -0.4 is 0 Å². The van der Waals surface area contributed by atoms with Crippen molar-refractivity contribution in [3.05, 3.63) is 102 Å². The SMILES string of the molecule is FC=CCn1c2cc3nc(cc4ccc(cc5nc(cc1c(-c1ccccn1)c2)C=C5)[nH]4)C=C3. The molecule has 2 aliphatic rings. The van der Waals surface area contributed by atoms with Gasteiger partial charge in [0.05, 0.1) is 40.3 Å². The second kappa shape index (κ2) is 8.41. The summed E-state index contributed by atoms with van der Waals surface area (Å²) < 4.78 is 15.1. The number of fused-ring (bicyclic) bond motifs is 8. The Labute approximate surface area is 195 Å². The summed E-state index contributed by atoms with van der Waals surface area (Å²) in [5.41, 5.74) is 8.89. The molecule has 6 heterocycles. The fourth-order valence-electron chi connectivity index (χ4n) is 4.25. The first-order valence-electron chi connectivity index (χ1n) is 11.0. The van der Waals surface area contributed by atoms with Gasteiger partial charge in [-0.3, -0.25) is 4.98 Å². The van der Waals surface area contributed by atoms with Crippen LogP contribution >= 0.6 is 0 Å². The molecule has 0 radical (unpaired) electrons. The standard InChI is InChI=1S/C28H20FN5/c29-11-3-13-34-25-16-23-9-7-21(32-23)14-19-5-6-20(31-19)15-22-8-10-24(33-22)17-28(34)26(18-25)27-4-1-2-12-30-27/h1-12,14-18,31H,13H2. The van der Waals surface area contributed by atoms with Crippen molar-refractivity contribution in [1.29, 1.82) is 0 Å². The molecule has 0 aliphatic carbocycles. The van der Waals surface area contributed by atoms with Crippen LogP contribution in [0.5, 0.6) is 0 Å². The van der Waals surface area contributed by atoms with Crippen molar-refractivity contribution in [2.24, 2.45) is 0 Å². The number of rotatable bonds is 3. The zero-order valence-electron chi connectivity index (χ0n) is 18.2. The average Bonchev–Trinajstić information content (AvgIpc) is 3.64. The van der Waals surface area contributed by atoms with Crippen LogP contribution in [0.1, 0.15) is 22.8 Å². The normalized spacial score (nSPS) is 12.6. The van der Waals surface area contributed by atoms with E-state index in [1.165, 1.54) is 6.08 Å². The molecule has 0 saturated carbocycles. The fourth-order valence-corrected chi connectivity index (χ4v) is 4.25. The van der Waals surface area contributed by atoms with Crippen molar-refractivity contribution in [2.45, 2.75) is 6.54 Å². The minimum atomic E-state index is 0.365. The van der Waals surface area contributed by atoms with Crippen LogP contribution in [0.15, 0.2) is 79.3 Å². The highest BCUT2D eigenvalue weighted by molar-refractivity contribution is 5.87. The first-order chi connectivity index (χ1) is 16.7. The summed E-state index contributed by atoms with van der Waals surface area (Å²) in [6.07, 6.45) is 11.8. The Hall–Kier alpha value is -4.58. The van der Waals surface area contributed by atoms with Gasteiger partial charge in [-0.1, -0.05) is 6.07 Å². The summed E-state index contributed by atoms with van der Waals surface area (Å²) in [6, 6.07) is 20.0. The van der Waals surface area contributed by atoms with Gasteiger partial charge >= 0.3 is 0 Å². The maximum Gasteiger partial charge on any atom is 0.0844 e. The van der Waals surface area contributed by atoms with E-state index in [4.69, 9.17) is 9.97 Å².